The molecular weight excluding hydrogens is 292 g/mol. The second kappa shape index (κ2) is 6.87. The number of rotatable bonds is 9. The number of nitrogens with one attached hydrogen (secondary N) is 2. The van der Waals surface area contributed by atoms with E-state index in [1.54, 1.807) is 18.0 Å². The minimum atomic E-state index is -3.52. The van der Waals surface area contributed by atoms with Gasteiger partial charge in [0.15, 0.2) is 0 Å². The molecule has 21 heavy (non-hydrogen) atoms. The van der Waals surface area contributed by atoms with Gasteiger partial charge in [-0.1, -0.05) is 6.92 Å². The van der Waals surface area contributed by atoms with E-state index in [1.165, 1.54) is 6.20 Å². The molecule has 7 nitrogen and oxygen atoms in total. The quantitative estimate of drug-likeness (QED) is 0.642. The van der Waals surface area contributed by atoms with Gasteiger partial charge >= 0.3 is 0 Å². The van der Waals surface area contributed by atoms with Crippen molar-refractivity contribution in [3.8, 4) is 0 Å². The van der Waals surface area contributed by atoms with E-state index in [9.17, 15) is 8.42 Å². The van der Waals surface area contributed by atoms with Gasteiger partial charge in [-0.15, -0.1) is 0 Å². The zero-order valence-electron chi connectivity index (χ0n) is 12.6. The monoisotopic (exact) mass is 316 g/mol. The molecule has 1 aromatic heterocycles. The van der Waals surface area contributed by atoms with Gasteiger partial charge in [0, 0.05) is 26.4 Å². The van der Waals surface area contributed by atoms with Crippen LogP contribution in [0, 0.1) is 0 Å². The maximum atomic E-state index is 12.2. The number of hydrogen-bond acceptors (Lipinski definition) is 5. The first-order chi connectivity index (χ1) is 10.0. The normalized spacial score (nSPS) is 17.6. The van der Waals surface area contributed by atoms with Crippen molar-refractivity contribution in [1.29, 1.82) is 0 Å². The first-order valence-corrected chi connectivity index (χ1v) is 8.78. The fourth-order valence-corrected chi connectivity index (χ4v) is 3.38. The largest absolute Gasteiger partial charge is 0.377 e. The Morgan fingerprint density at radius 2 is 2.24 bits per heavy atom. The van der Waals surface area contributed by atoms with E-state index in [2.05, 4.69) is 15.1 Å². The Kier molecular flexibility index (Phi) is 5.37. The highest BCUT2D eigenvalue weighted by Crippen LogP contribution is 2.34. The van der Waals surface area contributed by atoms with Gasteiger partial charge in [-0.3, -0.25) is 4.68 Å². The topological polar surface area (TPSA) is 85.2 Å². The Labute approximate surface area is 126 Å². The van der Waals surface area contributed by atoms with Crippen LogP contribution in [0.1, 0.15) is 26.2 Å². The Bertz CT molecular complexity index is 546. The summed E-state index contributed by atoms with van der Waals surface area (Å²) in [5, 5.41) is 7.25. The standard InChI is InChI=1S/C13H24N4O3S/c1-3-14-7-8-17-10-12(9-15-17)21(18,19)16-11-13(20-2)5-4-6-13/h9-10,14,16H,3-8,11H2,1-2H3. The van der Waals surface area contributed by atoms with Crippen LogP contribution < -0.4 is 10.0 Å². The lowest BCUT2D eigenvalue weighted by atomic mass is 9.80. The predicted octanol–water partition coefficient (Wildman–Crippen LogP) is 0.340. The summed E-state index contributed by atoms with van der Waals surface area (Å²) < 4.78 is 34.2. The minimum absolute atomic E-state index is 0.199. The number of sulfonamides is 1. The molecule has 0 amide bonds. The van der Waals surface area contributed by atoms with Crippen molar-refractivity contribution in [2.24, 2.45) is 0 Å². The lowest BCUT2D eigenvalue weighted by molar-refractivity contribution is -0.0659. The van der Waals surface area contributed by atoms with E-state index < -0.39 is 10.0 Å². The zero-order chi connectivity index (χ0) is 15.3. The molecule has 2 N–H and O–H groups in total. The summed E-state index contributed by atoms with van der Waals surface area (Å²) in [6.45, 7) is 4.62. The molecule has 0 spiro atoms. The average molecular weight is 316 g/mol. The van der Waals surface area contributed by atoms with Crippen LogP contribution in [0.2, 0.25) is 0 Å². The van der Waals surface area contributed by atoms with Gasteiger partial charge in [0.2, 0.25) is 10.0 Å². The van der Waals surface area contributed by atoms with Crippen molar-refractivity contribution in [2.75, 3.05) is 26.7 Å². The van der Waals surface area contributed by atoms with Gasteiger partial charge < -0.3 is 10.1 Å². The fourth-order valence-electron chi connectivity index (χ4n) is 2.31. The minimum Gasteiger partial charge on any atom is -0.377 e. The highest BCUT2D eigenvalue weighted by Gasteiger charge is 2.38. The number of likely N-dealkylation sites (N-methyl/N-ethyl adjacent to an activating group) is 1. The summed E-state index contributed by atoms with van der Waals surface area (Å²) in [5.41, 5.74) is -0.325. The Morgan fingerprint density at radius 3 is 2.81 bits per heavy atom. The van der Waals surface area contributed by atoms with E-state index >= 15 is 0 Å². The van der Waals surface area contributed by atoms with Crippen molar-refractivity contribution < 1.29 is 13.2 Å². The molecule has 1 aromatic rings. The number of nitrogens with zero attached hydrogens (tertiary/aromatic N) is 2. The van der Waals surface area contributed by atoms with Crippen LogP contribution in [0.25, 0.3) is 0 Å². The number of hydrogen-bond donors (Lipinski definition) is 2. The van der Waals surface area contributed by atoms with Crippen molar-refractivity contribution in [3.05, 3.63) is 12.4 Å². The second-order valence-electron chi connectivity index (χ2n) is 5.36. The summed E-state index contributed by atoms with van der Waals surface area (Å²) in [6, 6.07) is 0. The van der Waals surface area contributed by atoms with Crippen molar-refractivity contribution in [1.82, 2.24) is 19.8 Å². The second-order valence-corrected chi connectivity index (χ2v) is 7.12. The van der Waals surface area contributed by atoms with Crippen LogP contribution in [0.15, 0.2) is 17.3 Å². The first kappa shape index (κ1) is 16.4. The van der Waals surface area contributed by atoms with Gasteiger partial charge in [-0.25, -0.2) is 13.1 Å². The van der Waals surface area contributed by atoms with Gasteiger partial charge in [0.25, 0.3) is 0 Å². The van der Waals surface area contributed by atoms with E-state index in [1.807, 2.05) is 6.92 Å². The molecule has 0 unspecified atom stereocenters. The van der Waals surface area contributed by atoms with Crippen LogP contribution in [-0.4, -0.2) is 50.5 Å². The molecule has 2 rings (SSSR count). The maximum Gasteiger partial charge on any atom is 0.243 e. The molecule has 1 aliphatic rings. The fraction of sp³-hybridized carbons (Fsp3) is 0.769. The van der Waals surface area contributed by atoms with Crippen molar-refractivity contribution >= 4 is 10.0 Å². The van der Waals surface area contributed by atoms with Crippen LogP contribution in [-0.2, 0) is 21.3 Å². The zero-order valence-corrected chi connectivity index (χ0v) is 13.4. The maximum absolute atomic E-state index is 12.2. The van der Waals surface area contributed by atoms with Crippen LogP contribution in [0.5, 0.6) is 0 Å². The summed E-state index contributed by atoms with van der Waals surface area (Å²) in [6.07, 6.45) is 5.81. The Hall–Kier alpha value is -0.960. The molecule has 0 bridgehead atoms. The smallest absolute Gasteiger partial charge is 0.243 e. The molecule has 120 valence electrons. The van der Waals surface area contributed by atoms with Gasteiger partial charge in [0.05, 0.1) is 18.3 Å². The van der Waals surface area contributed by atoms with Gasteiger partial charge in [0.1, 0.15) is 4.90 Å². The third kappa shape index (κ3) is 4.03. The molecule has 1 heterocycles. The number of methoxy groups -OCH3 is 1. The molecule has 0 saturated heterocycles. The first-order valence-electron chi connectivity index (χ1n) is 7.29. The number of ether oxygens (including phenoxy) is 1. The molecule has 0 aliphatic heterocycles. The Morgan fingerprint density at radius 1 is 1.48 bits per heavy atom. The predicted molar refractivity (Wildman–Crippen MR) is 79.6 cm³/mol. The molecule has 0 atom stereocenters. The average Bonchev–Trinajstić information content (AvgIpc) is 2.88. The molecule has 8 heteroatoms. The summed E-state index contributed by atoms with van der Waals surface area (Å²) >= 11 is 0. The number of aromatic nitrogens is 2. The van der Waals surface area contributed by atoms with Crippen LogP contribution >= 0.6 is 0 Å². The SMILES string of the molecule is CCNCCn1cc(S(=O)(=O)NCC2(OC)CCC2)cn1. The van der Waals surface area contributed by atoms with E-state index in [-0.39, 0.29) is 10.5 Å². The van der Waals surface area contributed by atoms with Gasteiger partial charge in [-0.2, -0.15) is 5.10 Å². The summed E-state index contributed by atoms with van der Waals surface area (Å²) in [4.78, 5) is 0.199. The molecule has 0 aromatic carbocycles. The molecule has 0 radical (unpaired) electrons. The highest BCUT2D eigenvalue weighted by atomic mass is 32.2. The highest BCUT2D eigenvalue weighted by molar-refractivity contribution is 7.89. The summed E-state index contributed by atoms with van der Waals surface area (Å²) in [7, 11) is -1.89. The van der Waals surface area contributed by atoms with Crippen LogP contribution in [0.4, 0.5) is 0 Å². The third-order valence-electron chi connectivity index (χ3n) is 3.97. The van der Waals surface area contributed by atoms with E-state index in [0.717, 1.165) is 32.4 Å². The lowest BCUT2D eigenvalue weighted by Gasteiger charge is -2.40. The molecular formula is C13H24N4O3S. The van der Waals surface area contributed by atoms with Gasteiger partial charge in [-0.05, 0) is 25.8 Å². The molecule has 1 fully saturated rings. The van der Waals surface area contributed by atoms with Crippen molar-refractivity contribution in [2.45, 2.75) is 43.2 Å². The lowest BCUT2D eigenvalue weighted by Crippen LogP contribution is -2.49. The molecule has 1 saturated carbocycles. The third-order valence-corrected chi connectivity index (χ3v) is 5.33. The van der Waals surface area contributed by atoms with Crippen molar-refractivity contribution in [3.63, 3.8) is 0 Å². The Balaban J connectivity index is 1.93. The van der Waals surface area contributed by atoms with E-state index in [4.69, 9.17) is 4.74 Å². The van der Waals surface area contributed by atoms with Crippen LogP contribution in [0.3, 0.4) is 0 Å². The summed E-state index contributed by atoms with van der Waals surface area (Å²) in [5.74, 6) is 0. The van der Waals surface area contributed by atoms with E-state index in [0.29, 0.717) is 13.1 Å². The molecule has 1 aliphatic carbocycles.